The Morgan fingerprint density at radius 1 is 1.08 bits per heavy atom. The summed E-state index contributed by atoms with van der Waals surface area (Å²) in [6.07, 6.45) is 1.63. The van der Waals surface area contributed by atoms with E-state index >= 15 is 0 Å². The van der Waals surface area contributed by atoms with Crippen molar-refractivity contribution in [3.63, 3.8) is 0 Å². The van der Waals surface area contributed by atoms with E-state index in [4.69, 9.17) is 14.2 Å². The lowest BCUT2D eigenvalue weighted by Crippen LogP contribution is -2.53. The SMILES string of the molecule is CO[C@@H](C1CC2(CC2)CN1C(=O)OC(C)(C)C)[C@@H](C)C(=O)NC(Cc1ccccc1F)C(=O)OC(C)(C)C. The van der Waals surface area contributed by atoms with Crippen LogP contribution in [0.15, 0.2) is 24.3 Å². The average molecular weight is 535 g/mol. The van der Waals surface area contributed by atoms with Crippen molar-refractivity contribution in [3.05, 3.63) is 35.6 Å². The van der Waals surface area contributed by atoms with E-state index in [0.717, 1.165) is 12.8 Å². The Labute approximate surface area is 225 Å². The van der Waals surface area contributed by atoms with Gasteiger partial charge in [-0.25, -0.2) is 14.0 Å². The van der Waals surface area contributed by atoms with E-state index in [9.17, 15) is 18.8 Å². The Morgan fingerprint density at radius 3 is 2.21 bits per heavy atom. The number of rotatable bonds is 8. The molecule has 1 aromatic carbocycles. The van der Waals surface area contributed by atoms with Gasteiger partial charge in [0, 0.05) is 20.1 Å². The summed E-state index contributed by atoms with van der Waals surface area (Å²) in [6, 6.07) is 4.67. The number of nitrogens with one attached hydrogen (secondary N) is 1. The van der Waals surface area contributed by atoms with Crippen molar-refractivity contribution in [2.24, 2.45) is 11.3 Å². The number of amides is 2. The molecule has 8 nitrogen and oxygen atoms in total. The van der Waals surface area contributed by atoms with Crippen LogP contribution in [0.3, 0.4) is 0 Å². The first-order valence-electron chi connectivity index (χ1n) is 13.3. The fourth-order valence-corrected chi connectivity index (χ4v) is 5.05. The predicted molar refractivity (Wildman–Crippen MR) is 141 cm³/mol. The number of benzene rings is 1. The molecule has 9 heteroatoms. The lowest BCUT2D eigenvalue weighted by Gasteiger charge is -2.35. The Morgan fingerprint density at radius 2 is 1.68 bits per heavy atom. The molecule has 1 saturated heterocycles. The zero-order valence-electron chi connectivity index (χ0n) is 23.9. The van der Waals surface area contributed by atoms with Gasteiger partial charge < -0.3 is 24.4 Å². The van der Waals surface area contributed by atoms with Crippen molar-refractivity contribution in [2.45, 2.75) is 104 Å². The molecule has 1 aliphatic carbocycles. The van der Waals surface area contributed by atoms with Crippen LogP contribution in [-0.4, -0.2) is 65.9 Å². The standard InChI is InChI=1S/C29H43FN2O6/c1-18(23(36-8)22-16-29(13-14-29)17-32(22)26(35)38-28(5,6)7)24(33)31-21(25(34)37-27(2,3)4)15-19-11-9-10-12-20(19)30/h9-12,18,21-23H,13-17H2,1-8H3,(H,31,33)/t18-,21?,22?,23-/m1/s1. The van der Waals surface area contributed by atoms with E-state index in [1.54, 1.807) is 50.8 Å². The number of methoxy groups -OCH3 is 1. The van der Waals surface area contributed by atoms with E-state index in [1.807, 2.05) is 20.8 Å². The third kappa shape index (κ3) is 7.68. The summed E-state index contributed by atoms with van der Waals surface area (Å²) in [5.41, 5.74) is -1.10. The minimum atomic E-state index is -1.10. The molecule has 1 N–H and O–H groups in total. The number of hydrogen-bond donors (Lipinski definition) is 1. The number of halogens is 1. The topological polar surface area (TPSA) is 94.2 Å². The third-order valence-corrected chi connectivity index (χ3v) is 7.08. The zero-order valence-corrected chi connectivity index (χ0v) is 23.9. The first-order valence-corrected chi connectivity index (χ1v) is 13.3. The highest BCUT2D eigenvalue weighted by Crippen LogP contribution is 2.56. The highest BCUT2D eigenvalue weighted by atomic mass is 19.1. The van der Waals surface area contributed by atoms with Gasteiger partial charge >= 0.3 is 12.1 Å². The van der Waals surface area contributed by atoms with Crippen molar-refractivity contribution in [3.8, 4) is 0 Å². The second-order valence-corrected chi connectivity index (χ2v) is 12.8. The molecular weight excluding hydrogens is 491 g/mol. The molecule has 2 amide bonds. The van der Waals surface area contributed by atoms with Gasteiger partial charge in [0.25, 0.3) is 0 Å². The number of likely N-dealkylation sites (tertiary alicyclic amines) is 1. The van der Waals surface area contributed by atoms with Gasteiger partial charge in [0.2, 0.25) is 5.91 Å². The van der Waals surface area contributed by atoms with E-state index in [-0.39, 0.29) is 17.9 Å². The quantitative estimate of drug-likeness (QED) is 0.489. The van der Waals surface area contributed by atoms with E-state index < -0.39 is 53.1 Å². The summed E-state index contributed by atoms with van der Waals surface area (Å²) >= 11 is 0. The molecule has 2 aliphatic rings. The number of carbonyl (C=O) groups is 3. The summed E-state index contributed by atoms with van der Waals surface area (Å²) in [6.45, 7) is 12.9. The highest BCUT2D eigenvalue weighted by Gasteiger charge is 2.57. The molecule has 1 heterocycles. The molecule has 0 bridgehead atoms. The van der Waals surface area contributed by atoms with Crippen LogP contribution in [0.25, 0.3) is 0 Å². The van der Waals surface area contributed by atoms with Gasteiger partial charge in [0.15, 0.2) is 0 Å². The smallest absolute Gasteiger partial charge is 0.410 e. The highest BCUT2D eigenvalue weighted by molar-refractivity contribution is 5.86. The lowest BCUT2D eigenvalue weighted by molar-refractivity contribution is -0.159. The van der Waals surface area contributed by atoms with Crippen LogP contribution in [0.1, 0.15) is 73.3 Å². The van der Waals surface area contributed by atoms with E-state index in [1.165, 1.54) is 13.2 Å². The van der Waals surface area contributed by atoms with Crippen LogP contribution >= 0.6 is 0 Å². The minimum Gasteiger partial charge on any atom is -0.458 e. The maximum Gasteiger partial charge on any atom is 0.410 e. The molecular formula is C29H43FN2O6. The summed E-state index contributed by atoms with van der Waals surface area (Å²) < 4.78 is 31.4. The maximum absolute atomic E-state index is 14.4. The van der Waals surface area contributed by atoms with Crippen molar-refractivity contribution in [2.75, 3.05) is 13.7 Å². The maximum atomic E-state index is 14.4. The normalized spacial score (nSPS) is 21.0. The molecule has 212 valence electrons. The Hall–Kier alpha value is -2.68. The molecule has 0 aromatic heterocycles. The molecule has 3 rings (SSSR count). The fraction of sp³-hybridized carbons (Fsp3) is 0.690. The van der Waals surface area contributed by atoms with Gasteiger partial charge in [-0.1, -0.05) is 25.1 Å². The number of esters is 1. The monoisotopic (exact) mass is 534 g/mol. The molecule has 2 unspecified atom stereocenters. The van der Waals surface area contributed by atoms with Gasteiger partial charge in [0.05, 0.1) is 18.1 Å². The fourth-order valence-electron chi connectivity index (χ4n) is 5.05. The van der Waals surface area contributed by atoms with Crippen LogP contribution in [0.2, 0.25) is 0 Å². The molecule has 2 fully saturated rings. The Kier molecular flexibility index (Phi) is 8.81. The van der Waals surface area contributed by atoms with Crippen LogP contribution in [0.5, 0.6) is 0 Å². The predicted octanol–water partition coefficient (Wildman–Crippen LogP) is 4.64. The second-order valence-electron chi connectivity index (χ2n) is 12.8. The van der Waals surface area contributed by atoms with Gasteiger partial charge in [-0.15, -0.1) is 0 Å². The number of carbonyl (C=O) groups excluding carboxylic acids is 3. The number of ether oxygens (including phenoxy) is 3. The largest absolute Gasteiger partial charge is 0.458 e. The second kappa shape index (κ2) is 11.2. The lowest BCUT2D eigenvalue weighted by atomic mass is 9.91. The van der Waals surface area contributed by atoms with Gasteiger partial charge in [-0.3, -0.25) is 4.79 Å². The molecule has 1 saturated carbocycles. The van der Waals surface area contributed by atoms with Gasteiger partial charge in [-0.05, 0) is 77.8 Å². The summed E-state index contributed by atoms with van der Waals surface area (Å²) in [5.74, 6) is -2.27. The molecule has 4 atom stereocenters. The molecule has 1 spiro atoms. The van der Waals surface area contributed by atoms with Crippen molar-refractivity contribution in [1.29, 1.82) is 0 Å². The van der Waals surface area contributed by atoms with Crippen molar-refractivity contribution < 1.29 is 33.0 Å². The van der Waals surface area contributed by atoms with Crippen LogP contribution in [0.4, 0.5) is 9.18 Å². The summed E-state index contributed by atoms with van der Waals surface area (Å²) in [7, 11) is 1.52. The third-order valence-electron chi connectivity index (χ3n) is 7.08. The van der Waals surface area contributed by atoms with E-state index in [2.05, 4.69) is 5.32 Å². The zero-order chi connectivity index (χ0) is 28.5. The minimum absolute atomic E-state index is 0.0401. The molecule has 0 radical (unpaired) electrons. The Balaban J connectivity index is 1.80. The average Bonchev–Trinajstić information content (AvgIpc) is 3.43. The van der Waals surface area contributed by atoms with Crippen molar-refractivity contribution in [1.82, 2.24) is 10.2 Å². The number of nitrogens with zero attached hydrogens (tertiary/aromatic N) is 1. The molecule has 1 aliphatic heterocycles. The first-order chi connectivity index (χ1) is 17.5. The van der Waals surface area contributed by atoms with Crippen LogP contribution in [0, 0.1) is 17.2 Å². The molecule has 1 aromatic rings. The van der Waals surface area contributed by atoms with Gasteiger partial charge in [-0.2, -0.15) is 0 Å². The Bertz CT molecular complexity index is 1030. The van der Waals surface area contributed by atoms with Gasteiger partial charge in [0.1, 0.15) is 23.1 Å². The van der Waals surface area contributed by atoms with Crippen LogP contribution in [-0.2, 0) is 30.2 Å². The number of hydrogen-bond acceptors (Lipinski definition) is 6. The summed E-state index contributed by atoms with van der Waals surface area (Å²) in [5, 5.41) is 2.78. The van der Waals surface area contributed by atoms with Crippen molar-refractivity contribution >= 4 is 18.0 Å². The van der Waals surface area contributed by atoms with Crippen LogP contribution < -0.4 is 5.32 Å². The molecule has 38 heavy (non-hydrogen) atoms. The van der Waals surface area contributed by atoms with E-state index in [0.29, 0.717) is 18.5 Å². The first kappa shape index (κ1) is 29.9. The summed E-state index contributed by atoms with van der Waals surface area (Å²) in [4.78, 5) is 41.3.